The zero-order chi connectivity index (χ0) is 13.2. The van der Waals surface area contributed by atoms with E-state index in [0.717, 1.165) is 5.56 Å². The maximum atomic E-state index is 12.5. The molecule has 0 aromatic carbocycles. The van der Waals surface area contributed by atoms with Gasteiger partial charge >= 0.3 is 6.18 Å². The Balaban J connectivity index is 1.95. The van der Waals surface area contributed by atoms with Crippen molar-refractivity contribution in [3.63, 3.8) is 0 Å². The number of aromatic nitrogens is 1. The highest BCUT2D eigenvalue weighted by molar-refractivity contribution is 5.13. The van der Waals surface area contributed by atoms with E-state index in [1.54, 1.807) is 24.5 Å². The first-order valence-electron chi connectivity index (χ1n) is 6.07. The number of hydrogen-bond acceptors (Lipinski definition) is 2. The minimum absolute atomic E-state index is 0.0189. The van der Waals surface area contributed by atoms with Gasteiger partial charge in [0.15, 0.2) is 0 Å². The van der Waals surface area contributed by atoms with Gasteiger partial charge in [0, 0.05) is 18.8 Å². The summed E-state index contributed by atoms with van der Waals surface area (Å²) in [5.74, 6) is -1.25. The van der Waals surface area contributed by atoms with Crippen LogP contribution in [0.2, 0.25) is 0 Å². The van der Waals surface area contributed by atoms with Gasteiger partial charge in [-0.05, 0) is 43.4 Å². The van der Waals surface area contributed by atoms with Crippen LogP contribution in [-0.4, -0.2) is 21.9 Å². The van der Waals surface area contributed by atoms with Crippen LogP contribution in [0.5, 0.6) is 0 Å². The van der Waals surface area contributed by atoms with Gasteiger partial charge in [-0.25, -0.2) is 0 Å². The van der Waals surface area contributed by atoms with Gasteiger partial charge in [0.25, 0.3) is 0 Å². The largest absolute Gasteiger partial charge is 0.391 e. The highest BCUT2D eigenvalue weighted by Gasteiger charge is 2.45. The van der Waals surface area contributed by atoms with Gasteiger partial charge in [-0.15, -0.1) is 0 Å². The van der Waals surface area contributed by atoms with Crippen molar-refractivity contribution in [1.29, 1.82) is 0 Å². The molecule has 0 spiro atoms. The molecule has 1 aromatic rings. The summed E-state index contributed by atoms with van der Waals surface area (Å²) in [4.78, 5) is 3.88. The second kappa shape index (κ2) is 4.88. The van der Waals surface area contributed by atoms with Crippen molar-refractivity contribution in [1.82, 2.24) is 4.98 Å². The van der Waals surface area contributed by atoms with E-state index >= 15 is 0 Å². The molecule has 1 saturated carbocycles. The topological polar surface area (TPSA) is 33.1 Å². The molecule has 1 N–H and O–H groups in total. The van der Waals surface area contributed by atoms with Crippen LogP contribution in [0.4, 0.5) is 13.2 Å². The Labute approximate surface area is 104 Å². The molecular formula is C13H16F3NO. The molecular weight excluding hydrogens is 243 g/mol. The normalized spacial score (nSPS) is 29.2. The van der Waals surface area contributed by atoms with E-state index < -0.39 is 17.7 Å². The number of nitrogens with zero attached hydrogens (tertiary/aromatic N) is 1. The van der Waals surface area contributed by atoms with Gasteiger partial charge in [-0.2, -0.15) is 13.2 Å². The van der Waals surface area contributed by atoms with Crippen molar-refractivity contribution in [2.75, 3.05) is 0 Å². The lowest BCUT2D eigenvalue weighted by atomic mass is 9.76. The van der Waals surface area contributed by atoms with E-state index in [4.69, 9.17) is 0 Å². The monoisotopic (exact) mass is 259 g/mol. The average Bonchev–Trinajstić information content (AvgIpc) is 2.29. The third kappa shape index (κ3) is 3.22. The standard InChI is InChI=1S/C13H16F3NO/c14-13(15,16)11-1-5-12(18,6-2-11)9-10-3-7-17-8-4-10/h3-4,7-8,11,18H,1-2,5-6,9H2. The zero-order valence-electron chi connectivity index (χ0n) is 9.95. The lowest BCUT2D eigenvalue weighted by molar-refractivity contribution is -0.192. The molecule has 1 fully saturated rings. The van der Waals surface area contributed by atoms with Crippen LogP contribution in [0.15, 0.2) is 24.5 Å². The van der Waals surface area contributed by atoms with Crippen molar-refractivity contribution in [3.05, 3.63) is 30.1 Å². The first kappa shape index (κ1) is 13.3. The van der Waals surface area contributed by atoms with Gasteiger partial charge < -0.3 is 5.11 Å². The number of rotatable bonds is 2. The maximum Gasteiger partial charge on any atom is 0.391 e. The SMILES string of the molecule is OC1(Cc2ccncc2)CCC(C(F)(F)F)CC1. The molecule has 0 unspecified atom stereocenters. The molecule has 1 aliphatic carbocycles. The summed E-state index contributed by atoms with van der Waals surface area (Å²) in [7, 11) is 0. The van der Waals surface area contributed by atoms with E-state index in [-0.39, 0.29) is 25.7 Å². The molecule has 0 aliphatic heterocycles. The highest BCUT2D eigenvalue weighted by atomic mass is 19.4. The molecule has 1 heterocycles. The Hall–Kier alpha value is -1.10. The third-order valence-electron chi connectivity index (χ3n) is 3.66. The Bertz CT molecular complexity index is 383. The van der Waals surface area contributed by atoms with Crippen LogP contribution >= 0.6 is 0 Å². The van der Waals surface area contributed by atoms with E-state index in [2.05, 4.69) is 4.98 Å². The Morgan fingerprint density at radius 1 is 1.22 bits per heavy atom. The van der Waals surface area contributed by atoms with Crippen LogP contribution in [-0.2, 0) is 6.42 Å². The van der Waals surface area contributed by atoms with Crippen molar-refractivity contribution >= 4 is 0 Å². The van der Waals surface area contributed by atoms with Gasteiger partial charge in [0.1, 0.15) is 0 Å². The summed E-state index contributed by atoms with van der Waals surface area (Å²) < 4.78 is 37.6. The number of hydrogen-bond donors (Lipinski definition) is 1. The van der Waals surface area contributed by atoms with E-state index in [1.807, 2.05) is 0 Å². The van der Waals surface area contributed by atoms with Crippen molar-refractivity contribution in [3.8, 4) is 0 Å². The minimum Gasteiger partial charge on any atom is -0.390 e. The number of aliphatic hydroxyl groups is 1. The molecule has 0 bridgehead atoms. The quantitative estimate of drug-likeness (QED) is 0.885. The predicted octanol–water partition coefficient (Wildman–Crippen LogP) is 3.11. The number of pyridine rings is 1. The molecule has 0 amide bonds. The molecule has 1 aromatic heterocycles. The van der Waals surface area contributed by atoms with Gasteiger partial charge in [-0.3, -0.25) is 4.98 Å². The van der Waals surface area contributed by atoms with E-state index in [0.29, 0.717) is 6.42 Å². The van der Waals surface area contributed by atoms with Crippen LogP contribution in [0.1, 0.15) is 31.2 Å². The fourth-order valence-corrected chi connectivity index (χ4v) is 2.54. The highest BCUT2D eigenvalue weighted by Crippen LogP contribution is 2.42. The van der Waals surface area contributed by atoms with Crippen molar-refractivity contribution < 1.29 is 18.3 Å². The van der Waals surface area contributed by atoms with Gasteiger partial charge in [0.2, 0.25) is 0 Å². The van der Waals surface area contributed by atoms with Gasteiger partial charge in [-0.1, -0.05) is 0 Å². The summed E-state index contributed by atoms with van der Waals surface area (Å²) in [6.45, 7) is 0. The predicted molar refractivity (Wildman–Crippen MR) is 60.9 cm³/mol. The Morgan fingerprint density at radius 2 is 1.78 bits per heavy atom. The number of alkyl halides is 3. The summed E-state index contributed by atoms with van der Waals surface area (Å²) in [5.41, 5.74) is -0.0821. The molecule has 0 radical (unpaired) electrons. The molecule has 1 aliphatic rings. The summed E-state index contributed by atoms with van der Waals surface area (Å²) in [6.07, 6.45) is -0.0205. The van der Waals surface area contributed by atoms with E-state index in [9.17, 15) is 18.3 Å². The van der Waals surface area contributed by atoms with E-state index in [1.165, 1.54) is 0 Å². The zero-order valence-corrected chi connectivity index (χ0v) is 9.95. The third-order valence-corrected chi connectivity index (χ3v) is 3.66. The Morgan fingerprint density at radius 3 is 2.28 bits per heavy atom. The Kier molecular flexibility index (Phi) is 3.61. The lowest BCUT2D eigenvalue weighted by Gasteiger charge is -2.36. The minimum atomic E-state index is -4.13. The molecule has 0 atom stereocenters. The molecule has 2 nitrogen and oxygen atoms in total. The molecule has 100 valence electrons. The second-order valence-corrected chi connectivity index (χ2v) is 5.07. The average molecular weight is 259 g/mol. The molecule has 2 rings (SSSR count). The number of halogens is 3. The lowest BCUT2D eigenvalue weighted by Crippen LogP contribution is -2.39. The first-order valence-corrected chi connectivity index (χ1v) is 6.07. The summed E-state index contributed by atoms with van der Waals surface area (Å²) in [6, 6.07) is 3.57. The van der Waals surface area contributed by atoms with Gasteiger partial charge in [0.05, 0.1) is 11.5 Å². The van der Waals surface area contributed by atoms with Crippen LogP contribution in [0, 0.1) is 5.92 Å². The second-order valence-electron chi connectivity index (χ2n) is 5.07. The first-order chi connectivity index (χ1) is 8.39. The maximum absolute atomic E-state index is 12.5. The van der Waals surface area contributed by atoms with Crippen LogP contribution in [0.25, 0.3) is 0 Å². The molecule has 0 saturated heterocycles. The van der Waals surface area contributed by atoms with Crippen molar-refractivity contribution in [2.45, 2.75) is 43.9 Å². The van der Waals surface area contributed by atoms with Crippen LogP contribution < -0.4 is 0 Å². The molecule has 5 heteroatoms. The summed E-state index contributed by atoms with van der Waals surface area (Å²) >= 11 is 0. The molecule has 18 heavy (non-hydrogen) atoms. The fraction of sp³-hybridized carbons (Fsp3) is 0.615. The van der Waals surface area contributed by atoms with Crippen LogP contribution in [0.3, 0.4) is 0 Å². The van der Waals surface area contributed by atoms with Crippen molar-refractivity contribution in [2.24, 2.45) is 5.92 Å². The summed E-state index contributed by atoms with van der Waals surface area (Å²) in [5, 5.41) is 10.3. The smallest absolute Gasteiger partial charge is 0.390 e. The fourth-order valence-electron chi connectivity index (χ4n) is 2.54.